The molecule has 0 aromatic heterocycles. The topological polar surface area (TPSA) is 51.7 Å². The predicted octanol–water partition coefficient (Wildman–Crippen LogP) is 2.42. The molecule has 1 aliphatic carbocycles. The Bertz CT molecular complexity index is 178. The molecule has 0 spiro atoms. The fraction of sp³-hybridized carbons (Fsp3) is 0.538. The molecule has 2 rings (SSSR count). The Morgan fingerprint density at radius 3 is 1.47 bits per heavy atom. The van der Waals surface area contributed by atoms with E-state index < -0.39 is 0 Å². The number of rotatable bonds is 1. The van der Waals surface area contributed by atoms with Crippen LogP contribution in [0.3, 0.4) is 0 Å². The zero-order valence-corrected chi connectivity index (χ0v) is 9.23. The molecular weight excluding hydrogens is 188 g/mol. The van der Waals surface area contributed by atoms with Crippen LogP contribution in [0.4, 0.5) is 0 Å². The summed E-state index contributed by atoms with van der Waals surface area (Å²) in [5.41, 5.74) is 0. The molecule has 0 aliphatic heterocycles. The molecule has 1 aromatic rings. The van der Waals surface area contributed by atoms with Gasteiger partial charge in [-0.3, -0.25) is 0 Å². The van der Waals surface area contributed by atoms with E-state index >= 15 is 0 Å². The lowest BCUT2D eigenvalue weighted by atomic mass is 9.90. The summed E-state index contributed by atoms with van der Waals surface area (Å²) >= 11 is 0. The molecule has 1 aliphatic rings. The van der Waals surface area contributed by atoms with Gasteiger partial charge in [-0.25, -0.2) is 0 Å². The van der Waals surface area contributed by atoms with Gasteiger partial charge in [-0.1, -0.05) is 55.7 Å². The lowest BCUT2D eigenvalue weighted by molar-refractivity contribution is 0.190. The molecule has 0 saturated heterocycles. The molecule has 0 heterocycles. The molecular formula is C13H22O2. The van der Waals surface area contributed by atoms with Gasteiger partial charge in [0.2, 0.25) is 0 Å². The molecule has 1 saturated carbocycles. The van der Waals surface area contributed by atoms with Crippen molar-refractivity contribution in [2.75, 3.05) is 6.61 Å². The lowest BCUT2D eigenvalue weighted by Gasteiger charge is -2.18. The summed E-state index contributed by atoms with van der Waals surface area (Å²) in [6, 6.07) is 12.0. The standard InChI is InChI=1S/C7H14O.C6H6.H2O/c8-6-7-4-2-1-3-5-7;1-2-4-6-5-3-1;/h7-8H,1-6H2;1-6H;1H2. The van der Waals surface area contributed by atoms with Crippen molar-refractivity contribution in [3.8, 4) is 0 Å². The van der Waals surface area contributed by atoms with Gasteiger partial charge in [-0.15, -0.1) is 0 Å². The van der Waals surface area contributed by atoms with E-state index in [4.69, 9.17) is 5.11 Å². The van der Waals surface area contributed by atoms with Crippen LogP contribution in [0.15, 0.2) is 36.4 Å². The lowest BCUT2D eigenvalue weighted by Crippen LogP contribution is -2.09. The van der Waals surface area contributed by atoms with Crippen LogP contribution < -0.4 is 0 Å². The van der Waals surface area contributed by atoms with Crippen molar-refractivity contribution in [3.05, 3.63) is 36.4 Å². The molecule has 0 radical (unpaired) electrons. The SMILES string of the molecule is O.OCC1CCCCC1.c1ccccc1. The van der Waals surface area contributed by atoms with Crippen LogP contribution in [0.25, 0.3) is 0 Å². The summed E-state index contributed by atoms with van der Waals surface area (Å²) in [4.78, 5) is 0. The Kier molecular flexibility index (Phi) is 9.13. The minimum Gasteiger partial charge on any atom is -0.412 e. The molecule has 86 valence electrons. The third-order valence-corrected chi connectivity index (χ3v) is 2.65. The molecule has 2 nitrogen and oxygen atoms in total. The summed E-state index contributed by atoms with van der Waals surface area (Å²) in [5.74, 6) is 0.642. The second-order valence-corrected chi connectivity index (χ2v) is 3.84. The molecule has 0 bridgehead atoms. The van der Waals surface area contributed by atoms with E-state index in [1.165, 1.54) is 32.1 Å². The van der Waals surface area contributed by atoms with Gasteiger partial charge in [-0.2, -0.15) is 0 Å². The van der Waals surface area contributed by atoms with Crippen molar-refractivity contribution in [2.24, 2.45) is 5.92 Å². The first-order valence-electron chi connectivity index (χ1n) is 5.54. The van der Waals surface area contributed by atoms with Crippen molar-refractivity contribution in [1.82, 2.24) is 0 Å². The number of aliphatic hydroxyl groups excluding tert-OH is 1. The minimum atomic E-state index is 0. The summed E-state index contributed by atoms with van der Waals surface area (Å²) < 4.78 is 0. The van der Waals surface area contributed by atoms with Crippen LogP contribution in [0.2, 0.25) is 0 Å². The Morgan fingerprint density at radius 2 is 1.20 bits per heavy atom. The number of aliphatic hydroxyl groups is 1. The van der Waals surface area contributed by atoms with Crippen LogP contribution >= 0.6 is 0 Å². The summed E-state index contributed by atoms with van der Waals surface area (Å²) in [5, 5.41) is 8.69. The normalized spacial score (nSPS) is 15.8. The third-order valence-electron chi connectivity index (χ3n) is 2.65. The number of hydrogen-bond acceptors (Lipinski definition) is 1. The monoisotopic (exact) mass is 210 g/mol. The zero-order chi connectivity index (χ0) is 10.1. The van der Waals surface area contributed by atoms with Gasteiger partial charge in [-0.05, 0) is 18.8 Å². The van der Waals surface area contributed by atoms with Gasteiger partial charge in [0.05, 0.1) is 0 Å². The highest BCUT2D eigenvalue weighted by molar-refractivity contribution is 4.99. The van der Waals surface area contributed by atoms with Crippen molar-refractivity contribution >= 4 is 0 Å². The Morgan fingerprint density at radius 1 is 0.800 bits per heavy atom. The second-order valence-electron chi connectivity index (χ2n) is 3.84. The molecule has 2 heteroatoms. The highest BCUT2D eigenvalue weighted by atomic mass is 16.3. The Labute approximate surface area is 92.3 Å². The molecule has 0 unspecified atom stereocenters. The highest BCUT2D eigenvalue weighted by Gasteiger charge is 2.10. The molecule has 15 heavy (non-hydrogen) atoms. The summed E-state index contributed by atoms with van der Waals surface area (Å²) in [6.45, 7) is 0.417. The zero-order valence-electron chi connectivity index (χ0n) is 9.23. The van der Waals surface area contributed by atoms with E-state index in [0.29, 0.717) is 12.5 Å². The molecule has 3 N–H and O–H groups in total. The molecule has 1 fully saturated rings. The maximum Gasteiger partial charge on any atom is 0.0459 e. The van der Waals surface area contributed by atoms with Gasteiger partial charge in [0.1, 0.15) is 0 Å². The summed E-state index contributed by atoms with van der Waals surface area (Å²) in [6.07, 6.45) is 6.58. The van der Waals surface area contributed by atoms with Gasteiger partial charge in [0.15, 0.2) is 0 Å². The smallest absolute Gasteiger partial charge is 0.0459 e. The van der Waals surface area contributed by atoms with Crippen molar-refractivity contribution in [3.63, 3.8) is 0 Å². The van der Waals surface area contributed by atoms with Crippen LogP contribution in [0.5, 0.6) is 0 Å². The van der Waals surface area contributed by atoms with Crippen LogP contribution in [0, 0.1) is 5.92 Å². The van der Waals surface area contributed by atoms with Gasteiger partial charge >= 0.3 is 0 Å². The maximum absolute atomic E-state index is 8.69. The molecule has 0 amide bonds. The maximum atomic E-state index is 8.69. The van der Waals surface area contributed by atoms with E-state index in [9.17, 15) is 0 Å². The van der Waals surface area contributed by atoms with E-state index in [2.05, 4.69) is 0 Å². The molecule has 0 atom stereocenters. The van der Waals surface area contributed by atoms with Crippen LogP contribution in [-0.4, -0.2) is 17.2 Å². The van der Waals surface area contributed by atoms with Gasteiger partial charge in [0, 0.05) is 6.61 Å². The second kappa shape index (κ2) is 9.69. The number of hydrogen-bond donors (Lipinski definition) is 1. The van der Waals surface area contributed by atoms with Crippen LogP contribution in [0.1, 0.15) is 32.1 Å². The average Bonchev–Trinajstić information content (AvgIpc) is 2.33. The average molecular weight is 210 g/mol. The molecule has 1 aromatic carbocycles. The highest BCUT2D eigenvalue weighted by Crippen LogP contribution is 2.22. The van der Waals surface area contributed by atoms with E-state index in [-0.39, 0.29) is 5.48 Å². The van der Waals surface area contributed by atoms with Gasteiger partial charge < -0.3 is 10.6 Å². The first-order valence-corrected chi connectivity index (χ1v) is 5.54. The largest absolute Gasteiger partial charge is 0.412 e. The first kappa shape index (κ1) is 14.1. The van der Waals surface area contributed by atoms with Crippen molar-refractivity contribution in [1.29, 1.82) is 0 Å². The minimum absolute atomic E-state index is 0. The van der Waals surface area contributed by atoms with Crippen molar-refractivity contribution < 1.29 is 10.6 Å². The fourth-order valence-corrected chi connectivity index (χ4v) is 1.75. The quantitative estimate of drug-likeness (QED) is 0.760. The third kappa shape index (κ3) is 7.11. The predicted molar refractivity (Wildman–Crippen MR) is 63.7 cm³/mol. The van der Waals surface area contributed by atoms with Crippen molar-refractivity contribution in [2.45, 2.75) is 32.1 Å². The summed E-state index contributed by atoms with van der Waals surface area (Å²) in [7, 11) is 0. The van der Waals surface area contributed by atoms with Crippen LogP contribution in [-0.2, 0) is 0 Å². The fourth-order valence-electron chi connectivity index (χ4n) is 1.75. The van der Waals surface area contributed by atoms with Gasteiger partial charge in [0.25, 0.3) is 0 Å². The first-order chi connectivity index (χ1) is 6.93. The van der Waals surface area contributed by atoms with E-state index in [1.54, 1.807) is 0 Å². The Balaban J connectivity index is 0.000000253. The van der Waals surface area contributed by atoms with E-state index in [1.807, 2.05) is 36.4 Å². The van der Waals surface area contributed by atoms with E-state index in [0.717, 1.165) is 0 Å². The number of benzene rings is 1. The Hall–Kier alpha value is -0.860.